The van der Waals surface area contributed by atoms with Crippen molar-refractivity contribution in [2.75, 3.05) is 0 Å². The first-order valence-electron chi connectivity index (χ1n) is 8.69. The van der Waals surface area contributed by atoms with Gasteiger partial charge >= 0.3 is 5.97 Å². The largest absolute Gasteiger partial charge is 0.436 e. The molecular formula is C22H14N2O5. The summed E-state index contributed by atoms with van der Waals surface area (Å²) in [6.07, 6.45) is 2.77. The van der Waals surface area contributed by atoms with E-state index in [1.54, 1.807) is 30.3 Å². The summed E-state index contributed by atoms with van der Waals surface area (Å²) in [7, 11) is 0. The lowest BCUT2D eigenvalue weighted by Gasteiger charge is -2.00. The van der Waals surface area contributed by atoms with Crippen molar-refractivity contribution in [2.45, 2.75) is 0 Å². The number of fused-ring (bicyclic) bond motifs is 1. The lowest BCUT2D eigenvalue weighted by Crippen LogP contribution is -2.03. The average Bonchev–Trinajstić information content (AvgIpc) is 3.17. The van der Waals surface area contributed by atoms with Crippen molar-refractivity contribution in [3.8, 4) is 17.2 Å². The molecule has 0 saturated carbocycles. The molecule has 4 aromatic rings. The fourth-order valence-corrected chi connectivity index (χ4v) is 2.69. The lowest BCUT2D eigenvalue weighted by atomic mass is 10.2. The predicted molar refractivity (Wildman–Crippen MR) is 107 cm³/mol. The number of carbonyl (C=O) groups is 1. The van der Waals surface area contributed by atoms with Crippen LogP contribution in [-0.4, -0.2) is 15.9 Å². The Kier molecular flexibility index (Phi) is 4.86. The highest BCUT2D eigenvalue weighted by Crippen LogP contribution is 2.27. The zero-order valence-electron chi connectivity index (χ0n) is 15.0. The van der Waals surface area contributed by atoms with E-state index in [2.05, 4.69) is 4.98 Å². The van der Waals surface area contributed by atoms with E-state index in [1.807, 2.05) is 30.3 Å². The van der Waals surface area contributed by atoms with Crippen molar-refractivity contribution >= 4 is 28.8 Å². The number of nitrogens with zero attached hydrogens (tertiary/aromatic N) is 2. The minimum Gasteiger partial charge on any atom is -0.436 e. The van der Waals surface area contributed by atoms with Crippen LogP contribution in [0.3, 0.4) is 0 Å². The Morgan fingerprint density at radius 1 is 1.03 bits per heavy atom. The Hall–Kier alpha value is -4.26. The standard InChI is InChI=1S/C22H14N2O5/c25-21(13-8-15-6-9-17(10-7-15)24(26)27)28-18-11-12-19-20(14-18)29-22(23-19)16-4-2-1-3-5-16/h1-14H/b13-8+. The lowest BCUT2D eigenvalue weighted by molar-refractivity contribution is -0.384. The Morgan fingerprint density at radius 2 is 1.79 bits per heavy atom. The first-order chi connectivity index (χ1) is 14.1. The molecule has 0 radical (unpaired) electrons. The SMILES string of the molecule is O=C(/C=C/c1ccc([N+](=O)[O-])cc1)Oc1ccc2nc(-c3ccccc3)oc2c1. The highest BCUT2D eigenvalue weighted by Gasteiger charge is 2.10. The molecule has 142 valence electrons. The Morgan fingerprint density at radius 3 is 2.52 bits per heavy atom. The third kappa shape index (κ3) is 4.19. The number of carbonyl (C=O) groups excluding carboxylic acids is 1. The molecule has 3 aromatic carbocycles. The molecule has 29 heavy (non-hydrogen) atoms. The van der Waals surface area contributed by atoms with Gasteiger partial charge in [0.25, 0.3) is 5.69 Å². The second-order valence-corrected chi connectivity index (χ2v) is 6.12. The Labute approximate surface area is 165 Å². The summed E-state index contributed by atoms with van der Waals surface area (Å²) in [5, 5.41) is 10.7. The predicted octanol–water partition coefficient (Wildman–Crippen LogP) is 5.02. The van der Waals surface area contributed by atoms with Gasteiger partial charge in [0.15, 0.2) is 5.58 Å². The van der Waals surface area contributed by atoms with Crippen LogP contribution in [0.5, 0.6) is 5.75 Å². The molecule has 0 aliphatic heterocycles. The number of oxazole rings is 1. The summed E-state index contributed by atoms with van der Waals surface area (Å²) in [5.41, 5.74) is 2.65. The second kappa shape index (κ2) is 7.77. The molecule has 4 rings (SSSR count). The van der Waals surface area contributed by atoms with Crippen LogP contribution in [0, 0.1) is 10.1 Å². The van der Waals surface area contributed by atoms with E-state index in [4.69, 9.17) is 9.15 Å². The van der Waals surface area contributed by atoms with E-state index >= 15 is 0 Å². The molecule has 0 aliphatic rings. The third-order valence-electron chi connectivity index (χ3n) is 4.11. The first-order valence-corrected chi connectivity index (χ1v) is 8.69. The highest BCUT2D eigenvalue weighted by atomic mass is 16.6. The molecule has 0 spiro atoms. The van der Waals surface area contributed by atoms with Gasteiger partial charge in [-0.05, 0) is 48.0 Å². The fourth-order valence-electron chi connectivity index (χ4n) is 2.69. The summed E-state index contributed by atoms with van der Waals surface area (Å²) < 4.78 is 11.1. The van der Waals surface area contributed by atoms with Crippen molar-refractivity contribution in [1.82, 2.24) is 4.98 Å². The van der Waals surface area contributed by atoms with Crippen LogP contribution < -0.4 is 4.74 Å². The van der Waals surface area contributed by atoms with Gasteiger partial charge in [0.1, 0.15) is 11.3 Å². The summed E-state index contributed by atoms with van der Waals surface area (Å²) >= 11 is 0. The second-order valence-electron chi connectivity index (χ2n) is 6.12. The molecule has 1 heterocycles. The van der Waals surface area contributed by atoms with E-state index in [1.165, 1.54) is 24.3 Å². The Balaban J connectivity index is 1.47. The number of ether oxygens (including phenoxy) is 1. The maximum atomic E-state index is 12.1. The number of benzene rings is 3. The zero-order valence-corrected chi connectivity index (χ0v) is 15.0. The van der Waals surface area contributed by atoms with Gasteiger partial charge in [-0.1, -0.05) is 18.2 Å². The normalized spacial score (nSPS) is 11.0. The van der Waals surface area contributed by atoms with Gasteiger partial charge in [-0.3, -0.25) is 10.1 Å². The molecule has 7 heteroatoms. The van der Waals surface area contributed by atoms with E-state index in [0.717, 1.165) is 5.56 Å². The number of rotatable bonds is 5. The van der Waals surface area contributed by atoms with Crippen LogP contribution in [0.4, 0.5) is 5.69 Å². The van der Waals surface area contributed by atoms with Gasteiger partial charge < -0.3 is 9.15 Å². The number of nitro benzene ring substituents is 1. The fraction of sp³-hybridized carbons (Fsp3) is 0. The van der Waals surface area contributed by atoms with E-state index in [0.29, 0.717) is 28.3 Å². The maximum absolute atomic E-state index is 12.1. The number of nitro groups is 1. The molecule has 0 amide bonds. The molecule has 1 aromatic heterocycles. The quantitative estimate of drug-likeness (QED) is 0.157. The van der Waals surface area contributed by atoms with Gasteiger partial charge in [-0.25, -0.2) is 9.78 Å². The Bertz CT molecular complexity index is 1210. The van der Waals surface area contributed by atoms with Crippen LogP contribution in [-0.2, 0) is 4.79 Å². The van der Waals surface area contributed by atoms with E-state index in [9.17, 15) is 14.9 Å². The van der Waals surface area contributed by atoms with Crippen LogP contribution in [0.1, 0.15) is 5.56 Å². The molecule has 0 N–H and O–H groups in total. The van der Waals surface area contributed by atoms with Gasteiger partial charge in [-0.2, -0.15) is 0 Å². The van der Waals surface area contributed by atoms with Gasteiger partial charge in [-0.15, -0.1) is 0 Å². The zero-order chi connectivity index (χ0) is 20.2. The smallest absolute Gasteiger partial charge is 0.336 e. The van der Waals surface area contributed by atoms with Crippen LogP contribution in [0.2, 0.25) is 0 Å². The number of hydrogen-bond donors (Lipinski definition) is 0. The van der Waals surface area contributed by atoms with Crippen molar-refractivity contribution in [2.24, 2.45) is 0 Å². The molecule has 7 nitrogen and oxygen atoms in total. The minimum atomic E-state index is -0.578. The molecule has 0 saturated heterocycles. The van der Waals surface area contributed by atoms with Gasteiger partial charge in [0.2, 0.25) is 5.89 Å². The molecule has 0 aliphatic carbocycles. The van der Waals surface area contributed by atoms with Crippen LogP contribution >= 0.6 is 0 Å². The summed E-state index contributed by atoms with van der Waals surface area (Å²) in [6, 6.07) is 20.3. The first kappa shape index (κ1) is 18.1. The number of hydrogen-bond acceptors (Lipinski definition) is 6. The van der Waals surface area contributed by atoms with Crippen molar-refractivity contribution in [3.05, 3.63) is 94.6 Å². The van der Waals surface area contributed by atoms with Crippen molar-refractivity contribution in [3.63, 3.8) is 0 Å². The monoisotopic (exact) mass is 386 g/mol. The van der Waals surface area contributed by atoms with Gasteiger partial charge in [0, 0.05) is 29.8 Å². The van der Waals surface area contributed by atoms with E-state index in [-0.39, 0.29) is 5.69 Å². The molecule has 0 fully saturated rings. The maximum Gasteiger partial charge on any atom is 0.336 e. The van der Waals surface area contributed by atoms with E-state index < -0.39 is 10.9 Å². The minimum absolute atomic E-state index is 0.0139. The number of aromatic nitrogens is 1. The molecule has 0 atom stereocenters. The number of non-ortho nitro benzene ring substituents is 1. The average molecular weight is 386 g/mol. The van der Waals surface area contributed by atoms with Crippen molar-refractivity contribution in [1.29, 1.82) is 0 Å². The summed E-state index contributed by atoms with van der Waals surface area (Å²) in [6.45, 7) is 0. The van der Waals surface area contributed by atoms with Crippen LogP contribution in [0.25, 0.3) is 28.6 Å². The molecule has 0 bridgehead atoms. The summed E-state index contributed by atoms with van der Waals surface area (Å²) in [4.78, 5) is 26.7. The topological polar surface area (TPSA) is 95.5 Å². The van der Waals surface area contributed by atoms with Crippen LogP contribution in [0.15, 0.2) is 83.3 Å². The summed E-state index contributed by atoms with van der Waals surface area (Å²) in [5.74, 6) is 0.235. The van der Waals surface area contributed by atoms with Crippen molar-refractivity contribution < 1.29 is 18.9 Å². The highest BCUT2D eigenvalue weighted by molar-refractivity contribution is 5.89. The molecular weight excluding hydrogens is 372 g/mol. The number of esters is 1. The third-order valence-corrected chi connectivity index (χ3v) is 4.11. The molecule has 0 unspecified atom stereocenters. The van der Waals surface area contributed by atoms with Gasteiger partial charge in [0.05, 0.1) is 4.92 Å².